The summed E-state index contributed by atoms with van der Waals surface area (Å²) in [6.45, 7) is 6.20. The van der Waals surface area contributed by atoms with Crippen molar-refractivity contribution < 1.29 is 4.42 Å². The minimum atomic E-state index is 0.0120. The third-order valence-corrected chi connectivity index (χ3v) is 4.60. The predicted molar refractivity (Wildman–Crippen MR) is 80.3 cm³/mol. The molecular weight excluding hydrogens is 256 g/mol. The molecule has 2 aromatic rings. The lowest BCUT2D eigenvalue weighted by atomic mass is 10.0. The van der Waals surface area contributed by atoms with Gasteiger partial charge in [-0.15, -0.1) is 11.3 Å². The number of aryl methyl sites for hydroxylation is 1. The topological polar surface area (TPSA) is 42.4 Å². The largest absolute Gasteiger partial charge is 0.465 e. The third kappa shape index (κ3) is 3.08. The number of hydrogen-bond acceptors (Lipinski definition) is 4. The zero-order valence-electron chi connectivity index (χ0n) is 12.0. The van der Waals surface area contributed by atoms with Gasteiger partial charge in [0.2, 0.25) is 0 Å². The third-order valence-electron chi connectivity index (χ3n) is 3.56. The van der Waals surface area contributed by atoms with Crippen LogP contribution >= 0.6 is 11.3 Å². The number of rotatable bonds is 5. The van der Waals surface area contributed by atoms with Crippen LogP contribution in [0.5, 0.6) is 0 Å². The van der Waals surface area contributed by atoms with E-state index in [2.05, 4.69) is 36.4 Å². The quantitative estimate of drug-likeness (QED) is 0.906. The number of hydrogen-bond donors (Lipinski definition) is 1. The van der Waals surface area contributed by atoms with Crippen molar-refractivity contribution in [2.45, 2.75) is 38.9 Å². The van der Waals surface area contributed by atoms with Crippen molar-refractivity contribution in [3.8, 4) is 0 Å². The van der Waals surface area contributed by atoms with E-state index in [1.165, 1.54) is 4.88 Å². The van der Waals surface area contributed by atoms with Crippen LogP contribution in [0.25, 0.3) is 0 Å². The Morgan fingerprint density at radius 2 is 2.00 bits per heavy atom. The molecule has 104 valence electrons. The molecular formula is C15H22N2OS. The van der Waals surface area contributed by atoms with Crippen LogP contribution in [0.4, 0.5) is 0 Å². The van der Waals surface area contributed by atoms with Gasteiger partial charge in [0.05, 0.1) is 6.04 Å². The summed E-state index contributed by atoms with van der Waals surface area (Å²) >= 11 is 1.78. The number of likely N-dealkylation sites (N-methyl/N-ethyl adjacent to an activating group) is 1. The van der Waals surface area contributed by atoms with Crippen LogP contribution in [0.1, 0.15) is 42.3 Å². The highest BCUT2D eigenvalue weighted by molar-refractivity contribution is 7.10. The van der Waals surface area contributed by atoms with Crippen molar-refractivity contribution in [3.63, 3.8) is 0 Å². The molecule has 0 aliphatic heterocycles. The Morgan fingerprint density at radius 1 is 1.26 bits per heavy atom. The van der Waals surface area contributed by atoms with E-state index in [0.717, 1.165) is 11.5 Å². The van der Waals surface area contributed by atoms with Crippen molar-refractivity contribution in [2.75, 3.05) is 7.05 Å². The van der Waals surface area contributed by atoms with E-state index in [4.69, 9.17) is 10.2 Å². The van der Waals surface area contributed by atoms with Crippen molar-refractivity contribution >= 4 is 11.3 Å². The molecule has 2 heterocycles. The Morgan fingerprint density at radius 3 is 2.47 bits per heavy atom. The molecule has 0 spiro atoms. The van der Waals surface area contributed by atoms with E-state index in [0.29, 0.717) is 6.04 Å². The number of thiophene rings is 1. The second kappa shape index (κ2) is 5.90. The van der Waals surface area contributed by atoms with Gasteiger partial charge < -0.3 is 10.2 Å². The van der Waals surface area contributed by atoms with Gasteiger partial charge in [0, 0.05) is 17.0 Å². The van der Waals surface area contributed by atoms with E-state index >= 15 is 0 Å². The minimum Gasteiger partial charge on any atom is -0.465 e. The van der Waals surface area contributed by atoms with Crippen LogP contribution in [-0.4, -0.2) is 18.0 Å². The fourth-order valence-electron chi connectivity index (χ4n) is 2.41. The van der Waals surface area contributed by atoms with Crippen LogP contribution in [0.3, 0.4) is 0 Å². The molecule has 0 aromatic carbocycles. The first kappa shape index (κ1) is 14.3. The van der Waals surface area contributed by atoms with Gasteiger partial charge in [-0.25, -0.2) is 0 Å². The maximum atomic E-state index is 6.17. The summed E-state index contributed by atoms with van der Waals surface area (Å²) in [7, 11) is 2.11. The Labute approximate surface area is 119 Å². The average Bonchev–Trinajstić information content (AvgIpc) is 2.99. The van der Waals surface area contributed by atoms with Crippen LogP contribution in [0.15, 0.2) is 34.1 Å². The molecule has 0 aliphatic carbocycles. The fourth-order valence-corrected chi connectivity index (χ4v) is 3.25. The lowest BCUT2D eigenvalue weighted by Crippen LogP contribution is -2.38. The zero-order valence-corrected chi connectivity index (χ0v) is 12.8. The van der Waals surface area contributed by atoms with E-state index in [1.54, 1.807) is 11.3 Å². The molecule has 3 unspecified atom stereocenters. The first-order valence-electron chi connectivity index (χ1n) is 6.58. The summed E-state index contributed by atoms with van der Waals surface area (Å²) in [5, 5.41) is 2.11. The van der Waals surface area contributed by atoms with Gasteiger partial charge in [0.15, 0.2) is 0 Å². The Kier molecular flexibility index (Phi) is 4.45. The van der Waals surface area contributed by atoms with E-state index in [1.807, 2.05) is 26.0 Å². The van der Waals surface area contributed by atoms with Gasteiger partial charge in [0.25, 0.3) is 0 Å². The first-order chi connectivity index (χ1) is 9.00. The van der Waals surface area contributed by atoms with Crippen LogP contribution in [0.2, 0.25) is 0 Å². The summed E-state index contributed by atoms with van der Waals surface area (Å²) in [5.74, 6) is 1.87. The lowest BCUT2D eigenvalue weighted by Gasteiger charge is -2.33. The van der Waals surface area contributed by atoms with E-state index in [9.17, 15) is 0 Å². The van der Waals surface area contributed by atoms with Gasteiger partial charge in [-0.2, -0.15) is 0 Å². The first-order valence-corrected chi connectivity index (χ1v) is 7.46. The molecule has 2 rings (SSSR count). The summed E-state index contributed by atoms with van der Waals surface area (Å²) in [4.78, 5) is 3.63. The summed E-state index contributed by atoms with van der Waals surface area (Å²) in [6.07, 6.45) is 0. The van der Waals surface area contributed by atoms with Crippen molar-refractivity contribution in [1.29, 1.82) is 0 Å². The summed E-state index contributed by atoms with van der Waals surface area (Å²) in [6, 6.07) is 8.69. The fraction of sp³-hybridized carbons (Fsp3) is 0.467. The monoisotopic (exact) mass is 278 g/mol. The normalized spacial score (nSPS) is 16.5. The molecule has 0 radical (unpaired) electrons. The van der Waals surface area contributed by atoms with Gasteiger partial charge >= 0.3 is 0 Å². The number of nitrogens with two attached hydrogens (primary N) is 1. The van der Waals surface area contributed by atoms with Crippen LogP contribution < -0.4 is 5.73 Å². The van der Waals surface area contributed by atoms with Gasteiger partial charge in [-0.1, -0.05) is 6.07 Å². The second-order valence-electron chi connectivity index (χ2n) is 5.11. The Hall–Kier alpha value is -1.10. The maximum Gasteiger partial charge on any atom is 0.122 e. The Balaban J connectivity index is 2.24. The molecule has 2 N–H and O–H groups in total. The maximum absolute atomic E-state index is 6.17. The van der Waals surface area contributed by atoms with Crippen LogP contribution in [0, 0.1) is 6.92 Å². The number of furan rings is 1. The van der Waals surface area contributed by atoms with Gasteiger partial charge in [0.1, 0.15) is 11.5 Å². The number of nitrogens with zero attached hydrogens (tertiary/aromatic N) is 1. The van der Waals surface area contributed by atoms with Crippen molar-refractivity contribution in [3.05, 3.63) is 46.0 Å². The van der Waals surface area contributed by atoms with Crippen molar-refractivity contribution in [1.82, 2.24) is 4.90 Å². The molecule has 0 fully saturated rings. The lowest BCUT2D eigenvalue weighted by molar-refractivity contribution is 0.146. The zero-order chi connectivity index (χ0) is 14.0. The predicted octanol–water partition coefficient (Wildman–Crippen LogP) is 3.73. The SMILES string of the molecule is Cc1ccc(C(C(C)N)N(C)C(C)c2cccs2)o1. The molecule has 3 nitrogen and oxygen atoms in total. The highest BCUT2D eigenvalue weighted by Crippen LogP contribution is 2.33. The minimum absolute atomic E-state index is 0.0120. The Bertz CT molecular complexity index is 504. The molecule has 4 heteroatoms. The highest BCUT2D eigenvalue weighted by atomic mass is 32.1. The van der Waals surface area contributed by atoms with Gasteiger partial charge in [-0.3, -0.25) is 4.90 Å². The molecule has 0 bridgehead atoms. The second-order valence-corrected chi connectivity index (χ2v) is 6.09. The van der Waals surface area contributed by atoms with Crippen LogP contribution in [-0.2, 0) is 0 Å². The molecule has 0 saturated carbocycles. The average molecular weight is 278 g/mol. The smallest absolute Gasteiger partial charge is 0.122 e. The standard InChI is InChI=1S/C15H22N2OS/c1-10-7-8-13(18-10)15(11(2)16)17(4)12(3)14-6-5-9-19-14/h5-9,11-12,15H,16H2,1-4H3. The molecule has 0 aliphatic rings. The van der Waals surface area contributed by atoms with Gasteiger partial charge in [-0.05, 0) is 51.4 Å². The summed E-state index contributed by atoms with van der Waals surface area (Å²) in [5.41, 5.74) is 6.17. The van der Waals surface area contributed by atoms with Crippen molar-refractivity contribution in [2.24, 2.45) is 5.73 Å². The molecule has 19 heavy (non-hydrogen) atoms. The molecule has 2 aromatic heterocycles. The molecule has 0 amide bonds. The highest BCUT2D eigenvalue weighted by Gasteiger charge is 2.28. The summed E-state index contributed by atoms with van der Waals surface area (Å²) < 4.78 is 5.78. The van der Waals surface area contributed by atoms with E-state index < -0.39 is 0 Å². The van der Waals surface area contributed by atoms with E-state index in [-0.39, 0.29) is 12.1 Å². The molecule has 3 atom stereocenters. The molecule has 0 saturated heterocycles.